The predicted molar refractivity (Wildman–Crippen MR) is 59.2 cm³/mol. The van der Waals surface area contributed by atoms with Gasteiger partial charge in [0.25, 0.3) is 0 Å². The molecule has 0 radical (unpaired) electrons. The van der Waals surface area contributed by atoms with E-state index in [0.29, 0.717) is 6.42 Å². The smallest absolute Gasteiger partial charge is 0.303 e. The third kappa shape index (κ3) is 2.29. The van der Waals surface area contributed by atoms with Crippen LogP contribution in [0, 0.1) is 0 Å². The van der Waals surface area contributed by atoms with E-state index in [-0.39, 0.29) is 6.42 Å². The van der Waals surface area contributed by atoms with Gasteiger partial charge in [0.2, 0.25) is 0 Å². The Bertz CT molecular complexity index is 374. The number of fused-ring (bicyclic) bond motifs is 1. The highest BCUT2D eigenvalue weighted by Crippen LogP contribution is 2.26. The highest BCUT2D eigenvalue weighted by molar-refractivity contribution is 5.68. The van der Waals surface area contributed by atoms with E-state index in [4.69, 9.17) is 5.11 Å². The minimum absolute atomic E-state index is 0.206. The molecule has 0 saturated heterocycles. The molecule has 0 amide bonds. The summed E-state index contributed by atoms with van der Waals surface area (Å²) >= 11 is 0. The van der Waals surface area contributed by atoms with Crippen molar-refractivity contribution >= 4 is 11.7 Å². The Morgan fingerprint density at radius 1 is 1.47 bits per heavy atom. The first-order chi connectivity index (χ1) is 7.27. The molecule has 0 unspecified atom stereocenters. The summed E-state index contributed by atoms with van der Waals surface area (Å²) in [6, 6.07) is 6.15. The second-order valence-electron chi connectivity index (χ2n) is 3.88. The molecule has 80 valence electrons. The molecular formula is C12H15NO2. The van der Waals surface area contributed by atoms with Crippen LogP contribution in [0.2, 0.25) is 0 Å². The van der Waals surface area contributed by atoms with E-state index in [1.165, 1.54) is 11.3 Å². The molecule has 1 aromatic rings. The van der Waals surface area contributed by atoms with Crippen LogP contribution in [0.5, 0.6) is 0 Å². The Labute approximate surface area is 89.1 Å². The first-order valence-electron chi connectivity index (χ1n) is 5.34. The molecule has 0 fully saturated rings. The van der Waals surface area contributed by atoms with Crippen molar-refractivity contribution in [2.75, 3.05) is 11.9 Å². The summed E-state index contributed by atoms with van der Waals surface area (Å²) in [6.45, 7) is 0.997. The lowest BCUT2D eigenvalue weighted by Crippen LogP contribution is -2.14. The molecular weight excluding hydrogens is 190 g/mol. The molecule has 3 heteroatoms. The molecule has 2 rings (SSSR count). The van der Waals surface area contributed by atoms with Gasteiger partial charge in [-0.2, -0.15) is 0 Å². The van der Waals surface area contributed by atoms with E-state index in [2.05, 4.69) is 11.4 Å². The SMILES string of the molecule is O=C(O)CCc1cccc2c1NCCC2. The number of carbonyl (C=O) groups is 1. The van der Waals surface area contributed by atoms with Crippen molar-refractivity contribution < 1.29 is 9.90 Å². The fraction of sp³-hybridized carbons (Fsp3) is 0.417. The maximum Gasteiger partial charge on any atom is 0.303 e. The number of carboxylic acids is 1. The number of para-hydroxylation sites is 1. The zero-order valence-corrected chi connectivity index (χ0v) is 8.62. The minimum Gasteiger partial charge on any atom is -0.481 e. The molecule has 1 aromatic carbocycles. The van der Waals surface area contributed by atoms with Gasteiger partial charge in [-0.3, -0.25) is 4.79 Å². The van der Waals surface area contributed by atoms with Gasteiger partial charge in [-0.25, -0.2) is 0 Å². The standard InChI is InChI=1S/C12H15NO2/c14-11(15)7-6-10-4-1-3-9-5-2-8-13-12(9)10/h1,3-4,13H,2,5-8H2,(H,14,15). The fourth-order valence-corrected chi connectivity index (χ4v) is 2.03. The van der Waals surface area contributed by atoms with E-state index < -0.39 is 5.97 Å². The topological polar surface area (TPSA) is 49.3 Å². The summed E-state index contributed by atoms with van der Waals surface area (Å²) in [5, 5.41) is 12.0. The molecule has 0 saturated carbocycles. The largest absolute Gasteiger partial charge is 0.481 e. The number of carboxylic acid groups (broad SMARTS) is 1. The highest BCUT2D eigenvalue weighted by Gasteiger charge is 2.12. The number of nitrogens with one attached hydrogen (secondary N) is 1. The van der Waals surface area contributed by atoms with Crippen LogP contribution in [0.4, 0.5) is 5.69 Å². The van der Waals surface area contributed by atoms with Crippen LogP contribution in [0.15, 0.2) is 18.2 Å². The second kappa shape index (κ2) is 4.34. The molecule has 1 aliphatic rings. The normalized spacial score (nSPS) is 14.1. The van der Waals surface area contributed by atoms with Gasteiger partial charge >= 0.3 is 5.97 Å². The number of aryl methyl sites for hydroxylation is 2. The Morgan fingerprint density at radius 2 is 2.33 bits per heavy atom. The second-order valence-corrected chi connectivity index (χ2v) is 3.88. The molecule has 1 aliphatic heterocycles. The van der Waals surface area contributed by atoms with Gasteiger partial charge in [-0.05, 0) is 30.4 Å². The quantitative estimate of drug-likeness (QED) is 0.794. The van der Waals surface area contributed by atoms with Crippen molar-refractivity contribution in [2.45, 2.75) is 25.7 Å². The molecule has 2 N–H and O–H groups in total. The number of rotatable bonds is 3. The summed E-state index contributed by atoms with van der Waals surface area (Å²) in [5.41, 5.74) is 3.63. The highest BCUT2D eigenvalue weighted by atomic mass is 16.4. The Morgan fingerprint density at radius 3 is 3.13 bits per heavy atom. The lowest BCUT2D eigenvalue weighted by atomic mass is 9.97. The molecule has 15 heavy (non-hydrogen) atoms. The Kier molecular flexibility index (Phi) is 2.90. The van der Waals surface area contributed by atoms with Crippen LogP contribution in [0.25, 0.3) is 0 Å². The van der Waals surface area contributed by atoms with E-state index in [1.54, 1.807) is 0 Å². The summed E-state index contributed by atoms with van der Waals surface area (Å²) < 4.78 is 0. The van der Waals surface area contributed by atoms with E-state index in [0.717, 1.165) is 24.9 Å². The van der Waals surface area contributed by atoms with Crippen LogP contribution >= 0.6 is 0 Å². The van der Waals surface area contributed by atoms with Gasteiger partial charge in [0.1, 0.15) is 0 Å². The molecule has 0 spiro atoms. The average Bonchev–Trinajstić information content (AvgIpc) is 2.26. The number of hydrogen-bond acceptors (Lipinski definition) is 2. The van der Waals surface area contributed by atoms with Gasteiger partial charge in [-0.15, -0.1) is 0 Å². The Balaban J connectivity index is 2.19. The van der Waals surface area contributed by atoms with Crippen molar-refractivity contribution in [1.29, 1.82) is 0 Å². The van der Waals surface area contributed by atoms with Gasteiger partial charge in [0.05, 0.1) is 0 Å². The third-order valence-corrected chi connectivity index (χ3v) is 2.77. The molecule has 1 heterocycles. The van der Waals surface area contributed by atoms with Crippen LogP contribution in [0.3, 0.4) is 0 Å². The number of hydrogen-bond donors (Lipinski definition) is 2. The van der Waals surface area contributed by atoms with E-state index >= 15 is 0 Å². The van der Waals surface area contributed by atoms with E-state index in [9.17, 15) is 4.79 Å². The molecule has 0 atom stereocenters. The maximum atomic E-state index is 10.5. The van der Waals surface area contributed by atoms with Crippen LogP contribution in [-0.2, 0) is 17.6 Å². The molecule has 0 aromatic heterocycles. The summed E-state index contributed by atoms with van der Waals surface area (Å²) in [4.78, 5) is 10.5. The van der Waals surface area contributed by atoms with Gasteiger partial charge in [-0.1, -0.05) is 18.2 Å². The van der Waals surface area contributed by atoms with Crippen LogP contribution < -0.4 is 5.32 Å². The van der Waals surface area contributed by atoms with Gasteiger partial charge in [0, 0.05) is 18.7 Å². The van der Waals surface area contributed by atoms with Crippen LogP contribution in [-0.4, -0.2) is 17.6 Å². The summed E-state index contributed by atoms with van der Waals surface area (Å²) in [5.74, 6) is -0.733. The average molecular weight is 205 g/mol. The number of aliphatic carboxylic acids is 1. The first-order valence-corrected chi connectivity index (χ1v) is 5.34. The monoisotopic (exact) mass is 205 g/mol. The molecule has 0 aliphatic carbocycles. The number of benzene rings is 1. The lowest BCUT2D eigenvalue weighted by Gasteiger charge is -2.20. The van der Waals surface area contributed by atoms with Gasteiger partial charge < -0.3 is 10.4 Å². The fourth-order valence-electron chi connectivity index (χ4n) is 2.03. The minimum atomic E-state index is -0.733. The van der Waals surface area contributed by atoms with Crippen molar-refractivity contribution in [3.63, 3.8) is 0 Å². The maximum absolute atomic E-state index is 10.5. The number of anilines is 1. The lowest BCUT2D eigenvalue weighted by molar-refractivity contribution is -0.136. The van der Waals surface area contributed by atoms with Crippen molar-refractivity contribution in [2.24, 2.45) is 0 Å². The van der Waals surface area contributed by atoms with Crippen molar-refractivity contribution in [3.8, 4) is 0 Å². The third-order valence-electron chi connectivity index (χ3n) is 2.77. The molecule has 0 bridgehead atoms. The predicted octanol–water partition coefficient (Wildman–Crippen LogP) is 2.06. The summed E-state index contributed by atoms with van der Waals surface area (Å²) in [6.07, 6.45) is 3.09. The van der Waals surface area contributed by atoms with E-state index in [1.807, 2.05) is 12.1 Å². The van der Waals surface area contributed by atoms with Gasteiger partial charge in [0.15, 0.2) is 0 Å². The first kappa shape index (κ1) is 10.0. The van der Waals surface area contributed by atoms with Crippen LogP contribution in [0.1, 0.15) is 24.0 Å². The zero-order chi connectivity index (χ0) is 10.7. The summed E-state index contributed by atoms with van der Waals surface area (Å²) in [7, 11) is 0. The van der Waals surface area contributed by atoms with Crippen molar-refractivity contribution in [1.82, 2.24) is 0 Å². The van der Waals surface area contributed by atoms with Crippen molar-refractivity contribution in [3.05, 3.63) is 29.3 Å². The molecule has 3 nitrogen and oxygen atoms in total. The zero-order valence-electron chi connectivity index (χ0n) is 8.62. The Hall–Kier alpha value is -1.51.